The van der Waals surface area contributed by atoms with Crippen LogP contribution in [0.3, 0.4) is 0 Å². The SMILES string of the molecule is CCOCCNc1cc(NN)nc(C(C)(C)C)n1. The largest absolute Gasteiger partial charge is 0.380 e. The summed E-state index contributed by atoms with van der Waals surface area (Å²) in [7, 11) is 0. The Morgan fingerprint density at radius 2 is 1.94 bits per heavy atom. The molecule has 1 aromatic heterocycles. The van der Waals surface area contributed by atoms with Crippen molar-refractivity contribution in [1.29, 1.82) is 0 Å². The molecule has 0 aliphatic heterocycles. The highest BCUT2D eigenvalue weighted by Crippen LogP contribution is 2.21. The summed E-state index contributed by atoms with van der Waals surface area (Å²) in [5, 5.41) is 3.20. The van der Waals surface area contributed by atoms with Gasteiger partial charge in [-0.3, -0.25) is 0 Å². The van der Waals surface area contributed by atoms with Crippen LogP contribution in [-0.2, 0) is 10.2 Å². The highest BCUT2D eigenvalue weighted by Gasteiger charge is 2.18. The summed E-state index contributed by atoms with van der Waals surface area (Å²) in [6.45, 7) is 10.2. The van der Waals surface area contributed by atoms with E-state index in [0.717, 1.165) is 11.6 Å². The molecule has 18 heavy (non-hydrogen) atoms. The first-order valence-electron chi connectivity index (χ1n) is 6.15. The smallest absolute Gasteiger partial charge is 0.145 e. The summed E-state index contributed by atoms with van der Waals surface area (Å²) in [6, 6.07) is 1.78. The van der Waals surface area contributed by atoms with E-state index in [-0.39, 0.29) is 5.41 Å². The van der Waals surface area contributed by atoms with Gasteiger partial charge in [-0.2, -0.15) is 0 Å². The van der Waals surface area contributed by atoms with Crippen molar-refractivity contribution in [2.75, 3.05) is 30.5 Å². The molecule has 0 unspecified atom stereocenters. The molecule has 0 bridgehead atoms. The Morgan fingerprint density at radius 1 is 1.28 bits per heavy atom. The standard InChI is InChI=1S/C12H23N5O/c1-5-18-7-6-14-9-8-10(17-13)16-11(15-9)12(2,3)4/h8H,5-7,13H2,1-4H3,(H2,14,15,16,17). The van der Waals surface area contributed by atoms with Crippen LogP contribution in [0, 0.1) is 0 Å². The third-order valence-corrected chi connectivity index (χ3v) is 2.30. The topological polar surface area (TPSA) is 85.1 Å². The zero-order valence-electron chi connectivity index (χ0n) is 11.6. The molecular weight excluding hydrogens is 230 g/mol. The van der Waals surface area contributed by atoms with Crippen molar-refractivity contribution in [2.24, 2.45) is 5.84 Å². The van der Waals surface area contributed by atoms with E-state index >= 15 is 0 Å². The van der Waals surface area contributed by atoms with Gasteiger partial charge in [-0.05, 0) is 6.92 Å². The third kappa shape index (κ3) is 4.46. The molecule has 6 nitrogen and oxygen atoms in total. The van der Waals surface area contributed by atoms with Crippen molar-refractivity contribution in [2.45, 2.75) is 33.1 Å². The zero-order chi connectivity index (χ0) is 13.6. The van der Waals surface area contributed by atoms with Crippen molar-refractivity contribution >= 4 is 11.6 Å². The number of nitrogen functional groups attached to an aromatic ring is 1. The van der Waals surface area contributed by atoms with E-state index in [9.17, 15) is 0 Å². The number of hydrogen-bond donors (Lipinski definition) is 3. The van der Waals surface area contributed by atoms with Gasteiger partial charge in [-0.25, -0.2) is 15.8 Å². The molecule has 6 heteroatoms. The van der Waals surface area contributed by atoms with Crippen molar-refractivity contribution in [3.63, 3.8) is 0 Å². The summed E-state index contributed by atoms with van der Waals surface area (Å²) in [6.07, 6.45) is 0. The Bertz CT molecular complexity index is 375. The fraction of sp³-hybridized carbons (Fsp3) is 0.667. The normalized spacial score (nSPS) is 11.4. The molecule has 102 valence electrons. The molecule has 0 saturated heterocycles. The number of rotatable bonds is 6. The first kappa shape index (κ1) is 14.7. The van der Waals surface area contributed by atoms with Crippen LogP contribution in [0.25, 0.3) is 0 Å². The Kier molecular flexibility index (Phi) is 5.30. The van der Waals surface area contributed by atoms with Gasteiger partial charge in [0.15, 0.2) is 0 Å². The average Bonchev–Trinajstić information content (AvgIpc) is 2.33. The minimum atomic E-state index is -0.122. The number of nitrogens with zero attached hydrogens (tertiary/aromatic N) is 2. The highest BCUT2D eigenvalue weighted by atomic mass is 16.5. The summed E-state index contributed by atoms with van der Waals surface area (Å²) in [5.41, 5.74) is 2.44. The minimum absolute atomic E-state index is 0.122. The predicted octanol–water partition coefficient (Wildman–Crippen LogP) is 1.51. The van der Waals surface area contributed by atoms with Crippen molar-refractivity contribution < 1.29 is 4.74 Å². The van der Waals surface area contributed by atoms with Crippen LogP contribution in [0.2, 0.25) is 0 Å². The van der Waals surface area contributed by atoms with Crippen LogP contribution < -0.4 is 16.6 Å². The second-order valence-corrected chi connectivity index (χ2v) is 4.98. The lowest BCUT2D eigenvalue weighted by atomic mass is 9.96. The predicted molar refractivity (Wildman–Crippen MR) is 73.5 cm³/mol. The minimum Gasteiger partial charge on any atom is -0.380 e. The van der Waals surface area contributed by atoms with E-state index in [1.54, 1.807) is 6.07 Å². The first-order valence-corrected chi connectivity index (χ1v) is 6.15. The van der Waals surface area contributed by atoms with Crippen LogP contribution in [0.4, 0.5) is 11.6 Å². The van der Waals surface area contributed by atoms with Gasteiger partial charge >= 0.3 is 0 Å². The van der Waals surface area contributed by atoms with Gasteiger partial charge in [0.2, 0.25) is 0 Å². The Labute approximate surface area is 108 Å². The van der Waals surface area contributed by atoms with Gasteiger partial charge in [0.1, 0.15) is 17.5 Å². The maximum Gasteiger partial charge on any atom is 0.145 e. The number of hydrazine groups is 1. The summed E-state index contributed by atoms with van der Waals surface area (Å²) < 4.78 is 5.26. The van der Waals surface area contributed by atoms with Crippen molar-refractivity contribution in [3.8, 4) is 0 Å². The zero-order valence-corrected chi connectivity index (χ0v) is 11.6. The molecule has 1 aromatic rings. The molecular formula is C12H23N5O. The van der Waals surface area contributed by atoms with Gasteiger partial charge in [-0.15, -0.1) is 0 Å². The number of nitrogens with two attached hydrogens (primary N) is 1. The van der Waals surface area contributed by atoms with Gasteiger partial charge in [-0.1, -0.05) is 20.8 Å². The van der Waals surface area contributed by atoms with Crippen LogP contribution in [-0.4, -0.2) is 29.7 Å². The van der Waals surface area contributed by atoms with Gasteiger partial charge < -0.3 is 15.5 Å². The lowest BCUT2D eigenvalue weighted by molar-refractivity contribution is 0.158. The number of nitrogens with one attached hydrogen (secondary N) is 2. The second kappa shape index (κ2) is 6.51. The van der Waals surface area contributed by atoms with E-state index in [1.165, 1.54) is 0 Å². The molecule has 1 heterocycles. The monoisotopic (exact) mass is 253 g/mol. The molecule has 0 saturated carbocycles. The Morgan fingerprint density at radius 3 is 2.50 bits per heavy atom. The van der Waals surface area contributed by atoms with Crippen LogP contribution in [0.15, 0.2) is 6.07 Å². The molecule has 0 spiro atoms. The summed E-state index contributed by atoms with van der Waals surface area (Å²) >= 11 is 0. The fourth-order valence-corrected chi connectivity index (χ4v) is 1.34. The number of aromatic nitrogens is 2. The summed E-state index contributed by atoms with van der Waals surface area (Å²) in [5.74, 6) is 7.52. The first-order chi connectivity index (χ1) is 8.47. The van der Waals surface area contributed by atoms with E-state index in [2.05, 4.69) is 41.5 Å². The highest BCUT2D eigenvalue weighted by molar-refractivity contribution is 5.47. The molecule has 0 aliphatic rings. The van der Waals surface area contributed by atoms with Gasteiger partial charge in [0.05, 0.1) is 6.61 Å². The summed E-state index contributed by atoms with van der Waals surface area (Å²) in [4.78, 5) is 8.83. The molecule has 0 aliphatic carbocycles. The maximum atomic E-state index is 5.41. The van der Waals surface area contributed by atoms with Crippen LogP contribution in [0.1, 0.15) is 33.5 Å². The number of hydrogen-bond acceptors (Lipinski definition) is 6. The van der Waals surface area contributed by atoms with E-state index in [0.29, 0.717) is 25.6 Å². The lowest BCUT2D eigenvalue weighted by Gasteiger charge is -2.18. The molecule has 0 aromatic carbocycles. The molecule has 4 N–H and O–H groups in total. The molecule has 0 fully saturated rings. The molecule has 0 radical (unpaired) electrons. The quantitative estimate of drug-likeness (QED) is 0.405. The molecule has 0 atom stereocenters. The second-order valence-electron chi connectivity index (χ2n) is 4.98. The van der Waals surface area contributed by atoms with E-state index in [1.807, 2.05) is 6.92 Å². The van der Waals surface area contributed by atoms with Crippen molar-refractivity contribution in [3.05, 3.63) is 11.9 Å². The number of ether oxygens (including phenoxy) is 1. The number of anilines is 2. The van der Waals surface area contributed by atoms with Crippen LogP contribution in [0.5, 0.6) is 0 Å². The third-order valence-electron chi connectivity index (χ3n) is 2.30. The maximum absolute atomic E-state index is 5.41. The molecule has 1 rings (SSSR count). The van der Waals surface area contributed by atoms with Gasteiger partial charge in [0, 0.05) is 24.6 Å². The average molecular weight is 253 g/mol. The molecule has 0 amide bonds. The Hall–Kier alpha value is -1.40. The van der Waals surface area contributed by atoms with E-state index in [4.69, 9.17) is 10.6 Å². The fourth-order valence-electron chi connectivity index (χ4n) is 1.34. The van der Waals surface area contributed by atoms with E-state index < -0.39 is 0 Å². The Balaban J connectivity index is 2.78. The lowest BCUT2D eigenvalue weighted by Crippen LogP contribution is -2.20. The van der Waals surface area contributed by atoms with Crippen molar-refractivity contribution in [1.82, 2.24) is 9.97 Å². The van der Waals surface area contributed by atoms with Gasteiger partial charge in [0.25, 0.3) is 0 Å². The van der Waals surface area contributed by atoms with Crippen LogP contribution >= 0.6 is 0 Å².